The lowest BCUT2D eigenvalue weighted by atomic mass is 10.3. The number of anilines is 2. The predicted molar refractivity (Wildman–Crippen MR) is 81.2 cm³/mol. The Bertz CT molecular complexity index is 530. The molecular formula is C12H13BrN4OS. The van der Waals surface area contributed by atoms with Crippen molar-refractivity contribution in [3.8, 4) is 5.75 Å². The van der Waals surface area contributed by atoms with Crippen LogP contribution in [-0.4, -0.2) is 22.3 Å². The molecule has 2 aromatic rings. The van der Waals surface area contributed by atoms with E-state index in [0.29, 0.717) is 23.4 Å². The number of hydrogen-bond donors (Lipinski definition) is 2. The molecule has 2 rings (SSSR count). The van der Waals surface area contributed by atoms with Crippen molar-refractivity contribution in [3.05, 3.63) is 34.8 Å². The lowest BCUT2D eigenvalue weighted by Gasteiger charge is -2.06. The first kappa shape index (κ1) is 14.0. The second kappa shape index (κ2) is 6.63. The van der Waals surface area contributed by atoms with Gasteiger partial charge in [-0.05, 0) is 24.3 Å². The van der Waals surface area contributed by atoms with E-state index in [1.165, 1.54) is 17.8 Å². The van der Waals surface area contributed by atoms with Gasteiger partial charge in [0.25, 0.3) is 0 Å². The third-order valence-corrected chi connectivity index (χ3v) is 3.48. The Morgan fingerprint density at radius 2 is 1.74 bits per heavy atom. The van der Waals surface area contributed by atoms with Crippen LogP contribution in [0.4, 0.5) is 11.6 Å². The molecule has 0 aliphatic rings. The van der Waals surface area contributed by atoms with Crippen LogP contribution in [0.3, 0.4) is 0 Å². The predicted octanol–water partition coefficient (Wildman–Crippen LogP) is 2.57. The Kier molecular flexibility index (Phi) is 4.86. The average Bonchev–Trinajstić information content (AvgIpc) is 2.36. The molecule has 1 aromatic carbocycles. The van der Waals surface area contributed by atoms with Gasteiger partial charge in [-0.1, -0.05) is 27.7 Å². The van der Waals surface area contributed by atoms with Gasteiger partial charge in [0.1, 0.15) is 17.4 Å². The van der Waals surface area contributed by atoms with E-state index in [0.717, 1.165) is 16.0 Å². The van der Waals surface area contributed by atoms with Crippen LogP contribution >= 0.6 is 27.7 Å². The van der Waals surface area contributed by atoms with Crippen molar-refractivity contribution >= 4 is 39.3 Å². The Morgan fingerprint density at radius 1 is 1.11 bits per heavy atom. The van der Waals surface area contributed by atoms with E-state index in [1.54, 1.807) is 0 Å². The Balaban J connectivity index is 1.79. The number of benzene rings is 1. The minimum atomic E-state index is 0.379. The largest absolute Gasteiger partial charge is 0.493 e. The fraction of sp³-hybridized carbons (Fsp3) is 0.167. The zero-order valence-corrected chi connectivity index (χ0v) is 12.4. The topological polar surface area (TPSA) is 87.1 Å². The maximum absolute atomic E-state index is 5.59. The van der Waals surface area contributed by atoms with Crippen molar-refractivity contribution in [3.63, 3.8) is 0 Å². The number of ether oxygens (including phenoxy) is 1. The summed E-state index contributed by atoms with van der Waals surface area (Å²) in [5.74, 6) is 2.31. The van der Waals surface area contributed by atoms with Crippen molar-refractivity contribution in [2.24, 2.45) is 0 Å². The van der Waals surface area contributed by atoms with Crippen molar-refractivity contribution in [2.45, 2.75) is 5.16 Å². The number of nitrogens with zero attached hydrogens (tertiary/aromatic N) is 2. The van der Waals surface area contributed by atoms with Gasteiger partial charge in [0.05, 0.1) is 6.61 Å². The minimum Gasteiger partial charge on any atom is -0.493 e. The Morgan fingerprint density at radius 3 is 2.37 bits per heavy atom. The average molecular weight is 341 g/mol. The van der Waals surface area contributed by atoms with Crippen molar-refractivity contribution in [1.82, 2.24) is 9.97 Å². The van der Waals surface area contributed by atoms with Gasteiger partial charge in [-0.25, -0.2) is 9.97 Å². The summed E-state index contributed by atoms with van der Waals surface area (Å²) in [6, 6.07) is 9.21. The van der Waals surface area contributed by atoms with Gasteiger partial charge in [0.15, 0.2) is 5.16 Å². The van der Waals surface area contributed by atoms with Crippen LogP contribution in [0.15, 0.2) is 40.0 Å². The summed E-state index contributed by atoms with van der Waals surface area (Å²) in [7, 11) is 0. The van der Waals surface area contributed by atoms with Crippen molar-refractivity contribution in [2.75, 3.05) is 23.8 Å². The summed E-state index contributed by atoms with van der Waals surface area (Å²) in [4.78, 5) is 8.16. The molecule has 0 saturated carbocycles. The van der Waals surface area contributed by atoms with Gasteiger partial charge in [0, 0.05) is 16.3 Å². The van der Waals surface area contributed by atoms with E-state index >= 15 is 0 Å². The highest BCUT2D eigenvalue weighted by Crippen LogP contribution is 2.18. The van der Waals surface area contributed by atoms with Crippen LogP contribution in [0.2, 0.25) is 0 Å². The summed E-state index contributed by atoms with van der Waals surface area (Å²) in [6.45, 7) is 0.560. The third kappa shape index (κ3) is 4.60. The zero-order chi connectivity index (χ0) is 13.7. The molecule has 0 bridgehead atoms. The molecule has 0 atom stereocenters. The number of rotatable bonds is 5. The molecule has 0 spiro atoms. The highest BCUT2D eigenvalue weighted by molar-refractivity contribution is 9.10. The van der Waals surface area contributed by atoms with Gasteiger partial charge in [-0.15, -0.1) is 0 Å². The fourth-order valence-electron chi connectivity index (χ4n) is 1.35. The van der Waals surface area contributed by atoms with Crippen LogP contribution in [0, 0.1) is 0 Å². The van der Waals surface area contributed by atoms with Crippen LogP contribution in [-0.2, 0) is 0 Å². The molecule has 0 amide bonds. The summed E-state index contributed by atoms with van der Waals surface area (Å²) >= 11 is 4.83. The molecule has 0 saturated heterocycles. The lowest BCUT2D eigenvalue weighted by molar-refractivity contribution is 0.344. The van der Waals surface area contributed by atoms with E-state index in [2.05, 4.69) is 25.9 Å². The highest BCUT2D eigenvalue weighted by atomic mass is 79.9. The number of thioether (sulfide) groups is 1. The first-order valence-corrected chi connectivity index (χ1v) is 7.32. The van der Waals surface area contributed by atoms with E-state index in [9.17, 15) is 0 Å². The van der Waals surface area contributed by atoms with Crippen LogP contribution in [0.25, 0.3) is 0 Å². The van der Waals surface area contributed by atoms with Gasteiger partial charge in [-0.2, -0.15) is 0 Å². The molecule has 0 aliphatic heterocycles. The molecule has 19 heavy (non-hydrogen) atoms. The maximum atomic E-state index is 5.59. The van der Waals surface area contributed by atoms with Gasteiger partial charge >= 0.3 is 0 Å². The normalized spacial score (nSPS) is 10.4. The standard InChI is InChI=1S/C12H13BrN4OS/c13-8-1-3-9(4-2-8)18-5-6-19-12-16-10(14)7-11(15)17-12/h1-4,7H,5-6H2,(H4,14,15,16,17). The van der Waals surface area contributed by atoms with Gasteiger partial charge in [-0.3, -0.25) is 0 Å². The van der Waals surface area contributed by atoms with Crippen molar-refractivity contribution in [1.29, 1.82) is 0 Å². The smallest absolute Gasteiger partial charge is 0.191 e. The van der Waals surface area contributed by atoms with Crippen LogP contribution in [0.1, 0.15) is 0 Å². The molecular weight excluding hydrogens is 328 g/mol. The number of nitrogen functional groups attached to an aromatic ring is 2. The maximum Gasteiger partial charge on any atom is 0.191 e. The molecule has 1 heterocycles. The zero-order valence-electron chi connectivity index (χ0n) is 10.0. The van der Waals surface area contributed by atoms with Crippen molar-refractivity contribution < 1.29 is 4.74 Å². The number of hydrogen-bond acceptors (Lipinski definition) is 6. The van der Waals surface area contributed by atoms with Gasteiger partial charge < -0.3 is 16.2 Å². The molecule has 0 radical (unpaired) electrons. The quantitative estimate of drug-likeness (QED) is 0.494. The number of aromatic nitrogens is 2. The highest BCUT2D eigenvalue weighted by Gasteiger charge is 2.01. The molecule has 4 N–H and O–H groups in total. The summed E-state index contributed by atoms with van der Waals surface area (Å²) in [5, 5.41) is 0.567. The molecule has 7 heteroatoms. The second-order valence-corrected chi connectivity index (χ2v) is 5.63. The summed E-state index contributed by atoms with van der Waals surface area (Å²) in [5.41, 5.74) is 11.2. The number of halogens is 1. The van der Waals surface area contributed by atoms with Gasteiger partial charge in [0.2, 0.25) is 0 Å². The van der Waals surface area contributed by atoms with Crippen LogP contribution < -0.4 is 16.2 Å². The van der Waals surface area contributed by atoms with Crippen LogP contribution in [0.5, 0.6) is 5.75 Å². The monoisotopic (exact) mass is 340 g/mol. The Hall–Kier alpha value is -1.47. The molecule has 0 unspecified atom stereocenters. The lowest BCUT2D eigenvalue weighted by Crippen LogP contribution is -2.03. The molecule has 1 aromatic heterocycles. The van der Waals surface area contributed by atoms with E-state index in [-0.39, 0.29) is 0 Å². The summed E-state index contributed by atoms with van der Waals surface area (Å²) in [6.07, 6.45) is 0. The molecule has 0 aliphatic carbocycles. The van der Waals surface area contributed by atoms with E-state index < -0.39 is 0 Å². The Labute approximate surface area is 123 Å². The first-order valence-electron chi connectivity index (χ1n) is 5.55. The molecule has 5 nitrogen and oxygen atoms in total. The first-order chi connectivity index (χ1) is 9.13. The minimum absolute atomic E-state index is 0.379. The SMILES string of the molecule is Nc1cc(N)nc(SCCOc2ccc(Br)cc2)n1. The molecule has 0 fully saturated rings. The second-order valence-electron chi connectivity index (χ2n) is 3.65. The van der Waals surface area contributed by atoms with E-state index in [1.807, 2.05) is 24.3 Å². The fourth-order valence-corrected chi connectivity index (χ4v) is 2.30. The number of nitrogens with two attached hydrogens (primary N) is 2. The third-order valence-electron chi connectivity index (χ3n) is 2.14. The van der Waals surface area contributed by atoms with E-state index in [4.69, 9.17) is 16.2 Å². The molecule has 100 valence electrons. The summed E-state index contributed by atoms with van der Waals surface area (Å²) < 4.78 is 6.61.